The van der Waals surface area contributed by atoms with Crippen molar-refractivity contribution in [3.8, 4) is 33.9 Å². The summed E-state index contributed by atoms with van der Waals surface area (Å²) in [4.78, 5) is 27.0. The Morgan fingerprint density at radius 3 is 2.57 bits per heavy atom. The zero-order valence-corrected chi connectivity index (χ0v) is 21.5. The number of nitrogens with one attached hydrogen (secondary N) is 1. The van der Waals surface area contributed by atoms with Gasteiger partial charge < -0.3 is 9.88 Å². The number of aromatic amines is 1. The van der Waals surface area contributed by atoms with Crippen molar-refractivity contribution in [3.63, 3.8) is 0 Å². The zero-order valence-electron chi connectivity index (χ0n) is 21.5. The van der Waals surface area contributed by atoms with Crippen molar-refractivity contribution in [1.82, 2.24) is 34.7 Å². The molecule has 1 aliphatic heterocycles. The van der Waals surface area contributed by atoms with Crippen LogP contribution in [0.5, 0.6) is 0 Å². The van der Waals surface area contributed by atoms with Crippen LogP contribution in [0.1, 0.15) is 17.7 Å². The highest BCUT2D eigenvalue weighted by Crippen LogP contribution is 2.31. The Balaban J connectivity index is 1.29. The van der Waals surface area contributed by atoms with Crippen molar-refractivity contribution in [2.75, 3.05) is 27.2 Å². The smallest absolute Gasteiger partial charge is 0.180 e. The van der Waals surface area contributed by atoms with Gasteiger partial charge in [0.1, 0.15) is 11.3 Å². The number of likely N-dealkylation sites (tertiary alicyclic amines) is 1. The average molecular weight is 490 g/mol. The summed E-state index contributed by atoms with van der Waals surface area (Å²) < 4.78 is 0. The lowest BCUT2D eigenvalue weighted by Gasteiger charge is -2.20. The fourth-order valence-corrected chi connectivity index (χ4v) is 5.11. The van der Waals surface area contributed by atoms with Crippen molar-refractivity contribution in [2.45, 2.75) is 25.9 Å². The molecule has 7 nitrogen and oxygen atoms in total. The van der Waals surface area contributed by atoms with Gasteiger partial charge in [-0.05, 0) is 62.8 Å². The molecule has 0 spiro atoms. The van der Waals surface area contributed by atoms with Gasteiger partial charge in [-0.25, -0.2) is 15.0 Å². The molecule has 0 unspecified atom stereocenters. The number of likely N-dealkylation sites (N-methyl/N-ethyl adjacent to an activating group) is 1. The van der Waals surface area contributed by atoms with Gasteiger partial charge in [0.05, 0.1) is 5.69 Å². The summed E-state index contributed by atoms with van der Waals surface area (Å²) in [5, 5.41) is 0.965. The molecule has 1 aliphatic rings. The van der Waals surface area contributed by atoms with Crippen LogP contribution in [0.3, 0.4) is 0 Å². The minimum Gasteiger partial charge on any atom is -0.346 e. The van der Waals surface area contributed by atoms with Crippen LogP contribution in [0.2, 0.25) is 0 Å². The van der Waals surface area contributed by atoms with Gasteiger partial charge in [0.25, 0.3) is 0 Å². The van der Waals surface area contributed by atoms with E-state index in [-0.39, 0.29) is 0 Å². The third kappa shape index (κ3) is 4.88. The van der Waals surface area contributed by atoms with Gasteiger partial charge in [0.15, 0.2) is 5.82 Å². The Morgan fingerprint density at radius 1 is 0.946 bits per heavy atom. The van der Waals surface area contributed by atoms with Crippen molar-refractivity contribution >= 4 is 11.0 Å². The largest absolute Gasteiger partial charge is 0.346 e. The molecule has 5 aromatic rings. The number of pyridine rings is 2. The van der Waals surface area contributed by atoms with E-state index in [1.165, 1.54) is 12.0 Å². The molecule has 6 rings (SSSR count). The van der Waals surface area contributed by atoms with Crippen molar-refractivity contribution < 1.29 is 0 Å². The summed E-state index contributed by atoms with van der Waals surface area (Å²) in [7, 11) is 4.35. The van der Waals surface area contributed by atoms with Crippen LogP contribution >= 0.6 is 0 Å². The van der Waals surface area contributed by atoms with Gasteiger partial charge in [-0.3, -0.25) is 9.88 Å². The summed E-state index contributed by atoms with van der Waals surface area (Å²) in [6.07, 6.45) is 6.92. The first-order valence-corrected chi connectivity index (χ1v) is 12.8. The lowest BCUT2D eigenvalue weighted by Crippen LogP contribution is -2.31. The maximum absolute atomic E-state index is 4.94. The van der Waals surface area contributed by atoms with E-state index in [9.17, 15) is 0 Å². The van der Waals surface area contributed by atoms with Gasteiger partial charge in [0.2, 0.25) is 0 Å². The summed E-state index contributed by atoms with van der Waals surface area (Å²) >= 11 is 0. The second-order valence-electron chi connectivity index (χ2n) is 10.1. The van der Waals surface area contributed by atoms with Gasteiger partial charge in [-0.1, -0.05) is 30.3 Å². The molecule has 1 atom stereocenters. The second kappa shape index (κ2) is 9.84. The molecular weight excluding hydrogens is 458 g/mol. The van der Waals surface area contributed by atoms with E-state index in [0.29, 0.717) is 11.9 Å². The van der Waals surface area contributed by atoms with E-state index in [1.54, 1.807) is 0 Å². The van der Waals surface area contributed by atoms with Crippen LogP contribution in [0.25, 0.3) is 44.9 Å². The van der Waals surface area contributed by atoms with Crippen LogP contribution in [0.15, 0.2) is 73.2 Å². The summed E-state index contributed by atoms with van der Waals surface area (Å²) in [6.45, 7) is 5.25. The fourth-order valence-electron chi connectivity index (χ4n) is 5.11. The molecular formula is C30H31N7. The van der Waals surface area contributed by atoms with Crippen LogP contribution in [-0.2, 0) is 6.54 Å². The number of aromatic nitrogens is 5. The minimum absolute atomic E-state index is 0.599. The summed E-state index contributed by atoms with van der Waals surface area (Å²) in [6, 6.07) is 19.6. The van der Waals surface area contributed by atoms with Crippen LogP contribution < -0.4 is 0 Å². The molecule has 1 aromatic carbocycles. The highest BCUT2D eigenvalue weighted by atomic mass is 15.2. The molecule has 5 heterocycles. The van der Waals surface area contributed by atoms with Crippen molar-refractivity contribution in [2.24, 2.45) is 0 Å². The molecule has 4 aromatic heterocycles. The highest BCUT2D eigenvalue weighted by Gasteiger charge is 2.23. The third-order valence-corrected chi connectivity index (χ3v) is 7.22. The predicted molar refractivity (Wildman–Crippen MR) is 148 cm³/mol. The Hall–Kier alpha value is -3.94. The molecule has 1 N–H and O–H groups in total. The molecule has 186 valence electrons. The maximum atomic E-state index is 4.94. The molecule has 0 bridgehead atoms. The molecule has 0 radical (unpaired) electrons. The number of aryl methyl sites for hydroxylation is 1. The standard InChI is InChI=1S/C30H31N7/c1-20-5-4-6-27(33-20)30-34-28(26-11-13-32-29(26)35-30)24-15-23(16-31-17-24)22-9-7-21(8-10-22)18-37-14-12-25(19-37)36(2)3/h4-11,13,15-17,25H,12,14,18-19H2,1-3H3,(H,32,34,35)/t25-/m1/s1. The van der Waals surface area contributed by atoms with Crippen molar-refractivity contribution in [3.05, 3.63) is 84.4 Å². The van der Waals surface area contributed by atoms with E-state index in [1.807, 2.05) is 49.8 Å². The Bertz CT molecular complexity index is 1540. The van der Waals surface area contributed by atoms with Crippen molar-refractivity contribution in [1.29, 1.82) is 0 Å². The van der Waals surface area contributed by atoms with Crippen LogP contribution in [-0.4, -0.2) is 67.9 Å². The Labute approximate surface area is 217 Å². The second-order valence-corrected chi connectivity index (χ2v) is 10.1. The number of rotatable bonds is 6. The third-order valence-electron chi connectivity index (χ3n) is 7.22. The molecule has 7 heteroatoms. The average Bonchev–Trinajstić information content (AvgIpc) is 3.58. The topological polar surface area (TPSA) is 73.8 Å². The van der Waals surface area contributed by atoms with E-state index in [4.69, 9.17) is 9.97 Å². The minimum atomic E-state index is 0.599. The quantitative estimate of drug-likeness (QED) is 0.354. The number of benzene rings is 1. The van der Waals surface area contributed by atoms with Gasteiger partial charge in [-0.2, -0.15) is 0 Å². The first kappa shape index (κ1) is 23.5. The van der Waals surface area contributed by atoms with E-state index < -0.39 is 0 Å². The number of fused-ring (bicyclic) bond motifs is 1. The summed E-state index contributed by atoms with van der Waals surface area (Å²) in [5.74, 6) is 0.599. The fraction of sp³-hybridized carbons (Fsp3) is 0.267. The molecule has 0 aliphatic carbocycles. The van der Waals surface area contributed by atoms with E-state index in [0.717, 1.165) is 64.4 Å². The lowest BCUT2D eigenvalue weighted by molar-refractivity contribution is 0.264. The Kier molecular flexibility index (Phi) is 6.24. The molecule has 37 heavy (non-hydrogen) atoms. The molecule has 0 amide bonds. The number of hydrogen-bond acceptors (Lipinski definition) is 6. The number of H-pyrrole nitrogens is 1. The summed E-state index contributed by atoms with van der Waals surface area (Å²) in [5.41, 5.74) is 7.83. The monoisotopic (exact) mass is 489 g/mol. The number of hydrogen-bond donors (Lipinski definition) is 1. The van der Waals surface area contributed by atoms with Gasteiger partial charge in [-0.15, -0.1) is 0 Å². The van der Waals surface area contributed by atoms with Crippen LogP contribution in [0.4, 0.5) is 0 Å². The number of nitrogens with zero attached hydrogens (tertiary/aromatic N) is 6. The molecule has 1 fully saturated rings. The lowest BCUT2D eigenvalue weighted by atomic mass is 10.0. The van der Waals surface area contributed by atoms with E-state index in [2.05, 4.69) is 69.2 Å². The predicted octanol–water partition coefficient (Wildman–Crippen LogP) is 5.19. The molecule has 1 saturated heterocycles. The highest BCUT2D eigenvalue weighted by molar-refractivity contribution is 5.92. The molecule has 0 saturated carbocycles. The van der Waals surface area contributed by atoms with Gasteiger partial charge in [0, 0.05) is 66.5 Å². The van der Waals surface area contributed by atoms with E-state index >= 15 is 0 Å². The SMILES string of the molecule is Cc1cccc(-c2nc(-c3cncc(-c4ccc(CN5CC[C@@H](N(C)C)C5)cc4)c3)c3cc[nH]c3n2)n1. The zero-order chi connectivity index (χ0) is 25.4. The first-order valence-electron chi connectivity index (χ1n) is 12.8. The van der Waals surface area contributed by atoms with Gasteiger partial charge >= 0.3 is 0 Å². The first-order chi connectivity index (χ1) is 18.0. The Morgan fingerprint density at radius 2 is 1.78 bits per heavy atom. The van der Waals surface area contributed by atoms with Crippen LogP contribution in [0, 0.1) is 6.92 Å². The normalized spacial score (nSPS) is 16.2. The maximum Gasteiger partial charge on any atom is 0.180 e.